The van der Waals surface area contributed by atoms with E-state index in [2.05, 4.69) is 14.9 Å². The van der Waals surface area contributed by atoms with Crippen molar-refractivity contribution in [3.8, 4) is 11.3 Å². The number of hydrogen-bond donors (Lipinski definition) is 1. The van der Waals surface area contributed by atoms with E-state index in [9.17, 15) is 9.59 Å². The monoisotopic (exact) mass is 296 g/mol. The van der Waals surface area contributed by atoms with Crippen LogP contribution in [0, 0.1) is 0 Å². The summed E-state index contributed by atoms with van der Waals surface area (Å²) in [6.45, 7) is 0.217. The molecule has 3 rings (SSSR count). The van der Waals surface area contributed by atoms with Crippen LogP contribution in [0.1, 0.15) is 16.1 Å². The average molecular weight is 296 g/mol. The van der Waals surface area contributed by atoms with Crippen LogP contribution in [0.15, 0.2) is 68.5 Å². The Morgan fingerprint density at radius 3 is 2.68 bits per heavy atom. The fourth-order valence-electron chi connectivity index (χ4n) is 1.89. The normalized spacial score (nSPS) is 10.4. The molecule has 0 bridgehead atoms. The molecule has 0 saturated carbocycles. The SMILES string of the molecule is O=C(NCc1cc(-c2ccccc2)on1)c1ccc(=O)oc1. The minimum absolute atomic E-state index is 0.217. The Balaban J connectivity index is 1.65. The molecule has 2 heterocycles. The van der Waals surface area contributed by atoms with Crippen molar-refractivity contribution in [2.45, 2.75) is 6.54 Å². The summed E-state index contributed by atoms with van der Waals surface area (Å²) in [7, 11) is 0. The number of aromatic nitrogens is 1. The van der Waals surface area contributed by atoms with Gasteiger partial charge in [0, 0.05) is 17.7 Å². The lowest BCUT2D eigenvalue weighted by atomic mass is 10.1. The third-order valence-electron chi connectivity index (χ3n) is 3.01. The average Bonchev–Trinajstić information content (AvgIpc) is 3.03. The summed E-state index contributed by atoms with van der Waals surface area (Å²) in [5, 5.41) is 6.59. The predicted molar refractivity (Wildman–Crippen MR) is 78.1 cm³/mol. The van der Waals surface area contributed by atoms with Gasteiger partial charge < -0.3 is 14.3 Å². The number of benzene rings is 1. The van der Waals surface area contributed by atoms with Gasteiger partial charge in [-0.25, -0.2) is 4.79 Å². The smallest absolute Gasteiger partial charge is 0.335 e. The standard InChI is InChI=1S/C16H12N2O4/c19-15-7-6-12(10-21-15)16(20)17-9-13-8-14(22-18-13)11-4-2-1-3-5-11/h1-8,10H,9H2,(H,17,20). The fourth-order valence-corrected chi connectivity index (χ4v) is 1.89. The zero-order valence-corrected chi connectivity index (χ0v) is 11.5. The molecule has 0 fully saturated rings. The molecule has 22 heavy (non-hydrogen) atoms. The van der Waals surface area contributed by atoms with Gasteiger partial charge in [0.05, 0.1) is 12.1 Å². The third-order valence-corrected chi connectivity index (χ3v) is 3.01. The van der Waals surface area contributed by atoms with Gasteiger partial charge in [0.15, 0.2) is 5.76 Å². The first kappa shape index (κ1) is 13.8. The van der Waals surface area contributed by atoms with Gasteiger partial charge in [-0.05, 0) is 6.07 Å². The number of amides is 1. The van der Waals surface area contributed by atoms with Gasteiger partial charge in [-0.2, -0.15) is 0 Å². The summed E-state index contributed by atoms with van der Waals surface area (Å²) in [6.07, 6.45) is 1.12. The van der Waals surface area contributed by atoms with Crippen LogP contribution in [0.3, 0.4) is 0 Å². The van der Waals surface area contributed by atoms with Gasteiger partial charge in [-0.15, -0.1) is 0 Å². The topological polar surface area (TPSA) is 85.3 Å². The van der Waals surface area contributed by atoms with E-state index in [1.807, 2.05) is 30.3 Å². The van der Waals surface area contributed by atoms with Crippen LogP contribution >= 0.6 is 0 Å². The molecule has 2 aromatic heterocycles. The first-order valence-corrected chi connectivity index (χ1v) is 6.60. The van der Waals surface area contributed by atoms with Crippen molar-refractivity contribution in [2.75, 3.05) is 0 Å². The third kappa shape index (κ3) is 3.12. The largest absolute Gasteiger partial charge is 0.430 e. The second-order valence-electron chi connectivity index (χ2n) is 4.57. The summed E-state index contributed by atoms with van der Waals surface area (Å²) >= 11 is 0. The molecular weight excluding hydrogens is 284 g/mol. The molecule has 0 spiro atoms. The maximum atomic E-state index is 11.9. The first-order chi connectivity index (χ1) is 10.7. The molecule has 3 aromatic rings. The lowest BCUT2D eigenvalue weighted by Gasteiger charge is -2.01. The van der Waals surface area contributed by atoms with Gasteiger partial charge in [0.2, 0.25) is 0 Å². The van der Waals surface area contributed by atoms with Crippen LogP contribution < -0.4 is 10.9 Å². The van der Waals surface area contributed by atoms with Crippen molar-refractivity contribution in [1.29, 1.82) is 0 Å². The van der Waals surface area contributed by atoms with Crippen molar-refractivity contribution >= 4 is 5.91 Å². The Labute approximate surface area is 125 Å². The quantitative estimate of drug-likeness (QED) is 0.798. The van der Waals surface area contributed by atoms with E-state index < -0.39 is 5.63 Å². The maximum Gasteiger partial charge on any atom is 0.335 e. The number of nitrogens with one attached hydrogen (secondary N) is 1. The van der Waals surface area contributed by atoms with Gasteiger partial charge in [-0.3, -0.25) is 4.79 Å². The van der Waals surface area contributed by atoms with E-state index in [1.54, 1.807) is 6.07 Å². The van der Waals surface area contributed by atoms with Gasteiger partial charge in [0.25, 0.3) is 5.91 Å². The van der Waals surface area contributed by atoms with Gasteiger partial charge in [-0.1, -0.05) is 35.5 Å². The molecule has 0 atom stereocenters. The van der Waals surface area contributed by atoms with Crippen LogP contribution in [0.4, 0.5) is 0 Å². The van der Waals surface area contributed by atoms with Gasteiger partial charge >= 0.3 is 5.63 Å². The molecule has 0 aliphatic rings. The molecule has 6 heteroatoms. The Bertz CT molecular complexity index is 816. The minimum atomic E-state index is -0.499. The van der Waals surface area contributed by atoms with Crippen molar-refractivity contribution in [3.63, 3.8) is 0 Å². The van der Waals surface area contributed by atoms with E-state index in [-0.39, 0.29) is 18.0 Å². The van der Waals surface area contributed by atoms with Crippen molar-refractivity contribution < 1.29 is 13.7 Å². The van der Waals surface area contributed by atoms with Crippen molar-refractivity contribution in [2.24, 2.45) is 0 Å². The van der Waals surface area contributed by atoms with E-state index in [0.29, 0.717) is 11.5 Å². The zero-order chi connectivity index (χ0) is 15.4. The summed E-state index contributed by atoms with van der Waals surface area (Å²) in [5.74, 6) is 0.281. The van der Waals surface area contributed by atoms with E-state index >= 15 is 0 Å². The summed E-state index contributed by atoms with van der Waals surface area (Å²) < 4.78 is 9.89. The van der Waals surface area contributed by atoms with Crippen molar-refractivity contribution in [3.05, 3.63) is 76.5 Å². The highest BCUT2D eigenvalue weighted by atomic mass is 16.5. The molecule has 0 saturated heterocycles. The summed E-state index contributed by atoms with van der Waals surface area (Å²) in [4.78, 5) is 22.7. The zero-order valence-electron chi connectivity index (χ0n) is 11.5. The lowest BCUT2D eigenvalue weighted by Crippen LogP contribution is -2.23. The molecule has 0 radical (unpaired) electrons. The minimum Gasteiger partial charge on any atom is -0.430 e. The molecule has 1 amide bonds. The highest BCUT2D eigenvalue weighted by molar-refractivity contribution is 5.93. The number of carbonyl (C=O) groups excluding carboxylic acids is 1. The molecular formula is C16H12N2O4. The maximum absolute atomic E-state index is 11.9. The number of rotatable bonds is 4. The first-order valence-electron chi connectivity index (χ1n) is 6.60. The Hall–Kier alpha value is -3.15. The van der Waals surface area contributed by atoms with Crippen LogP contribution in [0.25, 0.3) is 11.3 Å². The van der Waals surface area contributed by atoms with Crippen LogP contribution in [0.2, 0.25) is 0 Å². The van der Waals surface area contributed by atoms with E-state index in [4.69, 9.17) is 4.52 Å². The van der Waals surface area contributed by atoms with Crippen LogP contribution in [0.5, 0.6) is 0 Å². The highest BCUT2D eigenvalue weighted by Crippen LogP contribution is 2.19. The predicted octanol–water partition coefficient (Wildman–Crippen LogP) is 2.22. The van der Waals surface area contributed by atoms with E-state index in [0.717, 1.165) is 11.8 Å². The molecule has 0 aliphatic carbocycles. The van der Waals surface area contributed by atoms with Gasteiger partial charge in [0.1, 0.15) is 12.0 Å². The van der Waals surface area contributed by atoms with Crippen LogP contribution in [-0.4, -0.2) is 11.1 Å². The fraction of sp³-hybridized carbons (Fsp3) is 0.0625. The summed E-state index contributed by atoms with van der Waals surface area (Å²) in [5.41, 5.74) is 1.29. The molecule has 1 aromatic carbocycles. The second-order valence-corrected chi connectivity index (χ2v) is 4.57. The molecule has 0 aliphatic heterocycles. The van der Waals surface area contributed by atoms with Crippen LogP contribution in [-0.2, 0) is 6.54 Å². The van der Waals surface area contributed by atoms with Crippen molar-refractivity contribution in [1.82, 2.24) is 10.5 Å². The lowest BCUT2D eigenvalue weighted by molar-refractivity contribution is 0.0947. The second kappa shape index (κ2) is 6.09. The van der Waals surface area contributed by atoms with E-state index in [1.165, 1.54) is 12.1 Å². The summed E-state index contributed by atoms with van der Waals surface area (Å²) in [6, 6.07) is 13.9. The number of carbonyl (C=O) groups is 1. The molecule has 6 nitrogen and oxygen atoms in total. The number of nitrogens with zero attached hydrogens (tertiary/aromatic N) is 1. The Morgan fingerprint density at radius 1 is 1.14 bits per heavy atom. The Kier molecular flexibility index (Phi) is 3.82. The highest BCUT2D eigenvalue weighted by Gasteiger charge is 2.09. The Morgan fingerprint density at radius 2 is 1.95 bits per heavy atom. The molecule has 0 unspecified atom stereocenters. The molecule has 1 N–H and O–H groups in total. The molecule has 110 valence electrons. The number of hydrogen-bond acceptors (Lipinski definition) is 5.